The van der Waals surface area contributed by atoms with Crippen molar-refractivity contribution in [2.24, 2.45) is 0 Å². The summed E-state index contributed by atoms with van der Waals surface area (Å²) in [5.74, 6) is 1.85. The molecular formula is C17H26N6O. The SMILES string of the molecule is Cc1nc(C)n([C@H]2CCCN(C(=O)Cc3ccn(C(C)C)n3)C2)n1. The summed E-state index contributed by atoms with van der Waals surface area (Å²) in [4.78, 5) is 19.0. The van der Waals surface area contributed by atoms with Crippen molar-refractivity contribution in [1.29, 1.82) is 0 Å². The normalized spacial score (nSPS) is 18.4. The number of hydrogen-bond acceptors (Lipinski definition) is 4. The number of nitrogens with zero attached hydrogens (tertiary/aromatic N) is 6. The summed E-state index contributed by atoms with van der Waals surface area (Å²) in [7, 11) is 0. The van der Waals surface area contributed by atoms with Gasteiger partial charge in [-0.3, -0.25) is 9.48 Å². The highest BCUT2D eigenvalue weighted by molar-refractivity contribution is 5.78. The maximum absolute atomic E-state index is 12.6. The molecule has 0 unspecified atom stereocenters. The molecule has 0 aliphatic carbocycles. The van der Waals surface area contributed by atoms with E-state index in [1.54, 1.807) is 0 Å². The molecule has 2 aromatic heterocycles. The lowest BCUT2D eigenvalue weighted by atomic mass is 10.1. The number of aromatic nitrogens is 5. The van der Waals surface area contributed by atoms with Crippen LogP contribution in [0.5, 0.6) is 0 Å². The van der Waals surface area contributed by atoms with Gasteiger partial charge in [-0.05, 0) is 46.6 Å². The van der Waals surface area contributed by atoms with Gasteiger partial charge in [-0.15, -0.1) is 0 Å². The van der Waals surface area contributed by atoms with Crippen molar-refractivity contribution in [3.05, 3.63) is 29.6 Å². The van der Waals surface area contributed by atoms with Gasteiger partial charge in [0.2, 0.25) is 5.91 Å². The molecule has 1 amide bonds. The van der Waals surface area contributed by atoms with Gasteiger partial charge in [-0.25, -0.2) is 9.67 Å². The smallest absolute Gasteiger partial charge is 0.228 e. The highest BCUT2D eigenvalue weighted by Crippen LogP contribution is 2.22. The lowest BCUT2D eigenvalue weighted by Gasteiger charge is -2.33. The summed E-state index contributed by atoms with van der Waals surface area (Å²) < 4.78 is 3.87. The molecule has 7 nitrogen and oxygen atoms in total. The molecule has 7 heteroatoms. The van der Waals surface area contributed by atoms with Gasteiger partial charge >= 0.3 is 0 Å². The standard InChI is InChI=1S/C17H26N6O/c1-12(2)22-9-7-15(20-22)10-17(24)21-8-5-6-16(11-21)23-14(4)18-13(3)19-23/h7,9,12,16H,5-6,8,10-11H2,1-4H3/t16-/m0/s1. The number of aryl methyl sites for hydroxylation is 2. The third kappa shape index (κ3) is 3.49. The molecule has 1 saturated heterocycles. The van der Waals surface area contributed by atoms with E-state index in [2.05, 4.69) is 29.0 Å². The number of likely N-dealkylation sites (tertiary alicyclic amines) is 1. The summed E-state index contributed by atoms with van der Waals surface area (Å²) in [6, 6.07) is 2.47. The van der Waals surface area contributed by atoms with E-state index in [9.17, 15) is 4.79 Å². The first-order valence-electron chi connectivity index (χ1n) is 8.65. The number of piperidine rings is 1. The van der Waals surface area contributed by atoms with Gasteiger partial charge in [0.25, 0.3) is 0 Å². The zero-order valence-electron chi connectivity index (χ0n) is 14.9. The van der Waals surface area contributed by atoms with Gasteiger partial charge in [-0.2, -0.15) is 10.2 Å². The largest absolute Gasteiger partial charge is 0.340 e. The van der Waals surface area contributed by atoms with Crippen LogP contribution < -0.4 is 0 Å². The average molecular weight is 330 g/mol. The fourth-order valence-corrected chi connectivity index (χ4v) is 3.29. The molecule has 1 fully saturated rings. The van der Waals surface area contributed by atoms with E-state index in [0.29, 0.717) is 19.0 Å². The molecule has 0 radical (unpaired) electrons. The minimum absolute atomic E-state index is 0.142. The zero-order valence-corrected chi connectivity index (χ0v) is 14.9. The minimum Gasteiger partial charge on any atom is -0.340 e. The predicted molar refractivity (Wildman–Crippen MR) is 90.7 cm³/mol. The first-order valence-corrected chi connectivity index (χ1v) is 8.65. The predicted octanol–water partition coefficient (Wildman–Crippen LogP) is 2.08. The van der Waals surface area contributed by atoms with Gasteiger partial charge in [0, 0.05) is 25.3 Å². The Morgan fingerprint density at radius 3 is 2.75 bits per heavy atom. The second-order valence-electron chi connectivity index (χ2n) is 6.84. The van der Waals surface area contributed by atoms with Crippen LogP contribution in [0.3, 0.4) is 0 Å². The van der Waals surface area contributed by atoms with E-state index in [4.69, 9.17) is 0 Å². The Balaban J connectivity index is 1.65. The number of carbonyl (C=O) groups excluding carboxylic acids is 1. The van der Waals surface area contributed by atoms with E-state index < -0.39 is 0 Å². The van der Waals surface area contributed by atoms with Gasteiger partial charge in [0.1, 0.15) is 11.6 Å². The fourth-order valence-electron chi connectivity index (χ4n) is 3.29. The van der Waals surface area contributed by atoms with E-state index in [1.165, 1.54) is 0 Å². The Bertz CT molecular complexity index is 716. The average Bonchev–Trinajstić information content (AvgIpc) is 3.14. The van der Waals surface area contributed by atoms with Gasteiger partial charge in [-0.1, -0.05) is 0 Å². The van der Waals surface area contributed by atoms with Crippen molar-refractivity contribution < 1.29 is 4.79 Å². The summed E-state index contributed by atoms with van der Waals surface area (Å²) >= 11 is 0. The van der Waals surface area contributed by atoms with Crippen LogP contribution in [0.1, 0.15) is 56.1 Å². The topological polar surface area (TPSA) is 68.8 Å². The monoisotopic (exact) mass is 330 g/mol. The van der Waals surface area contributed by atoms with Crippen molar-refractivity contribution in [3.8, 4) is 0 Å². The lowest BCUT2D eigenvalue weighted by Crippen LogP contribution is -2.42. The minimum atomic E-state index is 0.142. The third-order valence-electron chi connectivity index (χ3n) is 4.53. The molecule has 0 bridgehead atoms. The zero-order chi connectivity index (χ0) is 17.3. The molecular weight excluding hydrogens is 304 g/mol. The van der Waals surface area contributed by atoms with Crippen LogP contribution >= 0.6 is 0 Å². The van der Waals surface area contributed by atoms with E-state index in [-0.39, 0.29) is 11.9 Å². The molecule has 1 atom stereocenters. The molecule has 2 aromatic rings. The lowest BCUT2D eigenvalue weighted by molar-refractivity contribution is -0.132. The summed E-state index contributed by atoms with van der Waals surface area (Å²) in [6.45, 7) is 9.55. The second kappa shape index (κ2) is 6.75. The molecule has 3 heterocycles. The molecule has 3 rings (SSSR count). The van der Waals surface area contributed by atoms with Crippen molar-refractivity contribution in [1.82, 2.24) is 29.4 Å². The maximum atomic E-state index is 12.6. The quantitative estimate of drug-likeness (QED) is 0.861. The first kappa shape index (κ1) is 16.7. The van der Waals surface area contributed by atoms with Crippen molar-refractivity contribution in [2.75, 3.05) is 13.1 Å². The van der Waals surface area contributed by atoms with Gasteiger partial charge in [0.05, 0.1) is 18.2 Å². The Morgan fingerprint density at radius 2 is 2.12 bits per heavy atom. The number of amides is 1. The number of rotatable bonds is 4. The highest BCUT2D eigenvalue weighted by atomic mass is 16.2. The first-order chi connectivity index (χ1) is 11.4. The molecule has 24 heavy (non-hydrogen) atoms. The van der Waals surface area contributed by atoms with Crippen LogP contribution in [0.15, 0.2) is 12.3 Å². The van der Waals surface area contributed by atoms with Crippen molar-refractivity contribution in [2.45, 2.75) is 59.0 Å². The maximum Gasteiger partial charge on any atom is 0.228 e. The van der Waals surface area contributed by atoms with Crippen molar-refractivity contribution >= 4 is 5.91 Å². The molecule has 0 saturated carbocycles. The number of hydrogen-bond donors (Lipinski definition) is 0. The molecule has 130 valence electrons. The van der Waals surface area contributed by atoms with Crippen LogP contribution in [0.4, 0.5) is 0 Å². The van der Waals surface area contributed by atoms with Gasteiger partial charge < -0.3 is 4.90 Å². The van der Waals surface area contributed by atoms with E-state index in [1.807, 2.05) is 40.4 Å². The van der Waals surface area contributed by atoms with Crippen LogP contribution in [-0.4, -0.2) is 48.4 Å². The Labute approximate surface area is 142 Å². The van der Waals surface area contributed by atoms with E-state index in [0.717, 1.165) is 36.7 Å². The Hall–Kier alpha value is -2.18. The fraction of sp³-hybridized carbons (Fsp3) is 0.647. The molecule has 1 aliphatic rings. The van der Waals surface area contributed by atoms with Gasteiger partial charge in [0.15, 0.2) is 0 Å². The molecule has 0 spiro atoms. The van der Waals surface area contributed by atoms with Crippen LogP contribution in [0.2, 0.25) is 0 Å². The summed E-state index contributed by atoms with van der Waals surface area (Å²) in [5.41, 5.74) is 0.837. The van der Waals surface area contributed by atoms with E-state index >= 15 is 0 Å². The Morgan fingerprint density at radius 1 is 1.33 bits per heavy atom. The third-order valence-corrected chi connectivity index (χ3v) is 4.53. The summed E-state index contributed by atoms with van der Waals surface area (Å²) in [5, 5.41) is 8.97. The number of carbonyl (C=O) groups is 1. The molecule has 0 aromatic carbocycles. The molecule has 0 N–H and O–H groups in total. The van der Waals surface area contributed by atoms with Crippen LogP contribution in [0, 0.1) is 13.8 Å². The molecule has 1 aliphatic heterocycles. The van der Waals surface area contributed by atoms with Crippen LogP contribution in [-0.2, 0) is 11.2 Å². The van der Waals surface area contributed by atoms with Crippen molar-refractivity contribution in [3.63, 3.8) is 0 Å². The second-order valence-corrected chi connectivity index (χ2v) is 6.84. The Kier molecular flexibility index (Phi) is 4.69. The summed E-state index contributed by atoms with van der Waals surface area (Å²) in [6.07, 6.45) is 4.33. The highest BCUT2D eigenvalue weighted by Gasteiger charge is 2.26. The van der Waals surface area contributed by atoms with Crippen LogP contribution in [0.25, 0.3) is 0 Å².